The molecule has 0 aliphatic carbocycles. The predicted octanol–water partition coefficient (Wildman–Crippen LogP) is 1.70. The molecular weight excluding hydrogens is 366 g/mol. The summed E-state index contributed by atoms with van der Waals surface area (Å²) in [5, 5.41) is 11.4. The number of fused-ring (bicyclic) bond motifs is 1. The molecule has 146 valence electrons. The Labute approximate surface area is 164 Å². The zero-order chi connectivity index (χ0) is 18.3. The second-order valence-electron chi connectivity index (χ2n) is 7.26. The molecular formula is C19H26ClN5O2. The average Bonchev–Trinajstić information content (AvgIpc) is 2.98. The number of carbonyl (C=O) groups is 2. The molecule has 0 spiro atoms. The normalized spacial score (nSPS) is 21.3. The molecule has 2 amide bonds. The van der Waals surface area contributed by atoms with Crippen LogP contribution in [-0.4, -0.2) is 47.8 Å². The predicted molar refractivity (Wildman–Crippen MR) is 107 cm³/mol. The van der Waals surface area contributed by atoms with Crippen LogP contribution in [0.1, 0.15) is 37.3 Å². The summed E-state index contributed by atoms with van der Waals surface area (Å²) < 4.78 is 1.85. The number of nitrogens with one attached hydrogen (secondary N) is 2. The standard InChI is InChI=1S/C19H25N5O2.ClH/c1-20-12-7-9-24(10-8-12)13-3-4-14-16(11-13)23(2)22-18(14)15-5-6-17(25)21-19(15)26;/h3-4,11-12,15,20H,5-10H2,1-2H3,(H,21,25,26);1H. The maximum absolute atomic E-state index is 12.2. The first-order valence-electron chi connectivity index (χ1n) is 9.29. The van der Waals surface area contributed by atoms with Gasteiger partial charge in [-0.15, -0.1) is 12.4 Å². The van der Waals surface area contributed by atoms with Crippen molar-refractivity contribution in [3.05, 3.63) is 23.9 Å². The van der Waals surface area contributed by atoms with E-state index in [1.165, 1.54) is 5.69 Å². The van der Waals surface area contributed by atoms with Crippen LogP contribution in [0.25, 0.3) is 10.9 Å². The molecule has 1 aromatic carbocycles. The maximum Gasteiger partial charge on any atom is 0.235 e. The number of hydrogen-bond donors (Lipinski definition) is 2. The Hall–Kier alpha value is -2.12. The molecule has 2 saturated heterocycles. The van der Waals surface area contributed by atoms with E-state index in [9.17, 15) is 9.59 Å². The number of aryl methyl sites for hydroxylation is 1. The van der Waals surface area contributed by atoms with E-state index in [1.807, 2.05) is 18.8 Å². The monoisotopic (exact) mass is 391 g/mol. The Balaban J connectivity index is 0.00000210. The molecule has 0 radical (unpaired) electrons. The lowest BCUT2D eigenvalue weighted by Gasteiger charge is -2.33. The maximum atomic E-state index is 12.2. The summed E-state index contributed by atoms with van der Waals surface area (Å²) in [6.45, 7) is 2.07. The first-order valence-corrected chi connectivity index (χ1v) is 9.29. The van der Waals surface area contributed by atoms with Crippen LogP contribution < -0.4 is 15.5 Å². The van der Waals surface area contributed by atoms with Crippen LogP contribution in [-0.2, 0) is 16.6 Å². The Morgan fingerprint density at radius 3 is 2.59 bits per heavy atom. The van der Waals surface area contributed by atoms with Crippen molar-refractivity contribution in [2.75, 3.05) is 25.0 Å². The Morgan fingerprint density at radius 2 is 1.93 bits per heavy atom. The van der Waals surface area contributed by atoms with E-state index < -0.39 is 0 Å². The lowest BCUT2D eigenvalue weighted by molar-refractivity contribution is -0.134. The summed E-state index contributed by atoms with van der Waals surface area (Å²) in [6.07, 6.45) is 3.17. The van der Waals surface area contributed by atoms with Crippen molar-refractivity contribution in [1.29, 1.82) is 0 Å². The molecule has 7 nitrogen and oxygen atoms in total. The summed E-state index contributed by atoms with van der Waals surface area (Å²) in [5.74, 6) is -0.785. The fourth-order valence-corrected chi connectivity index (χ4v) is 4.11. The van der Waals surface area contributed by atoms with E-state index in [2.05, 4.69) is 38.8 Å². The number of anilines is 1. The van der Waals surface area contributed by atoms with Crippen LogP contribution in [0, 0.1) is 0 Å². The van der Waals surface area contributed by atoms with Crippen LogP contribution in [0.2, 0.25) is 0 Å². The average molecular weight is 392 g/mol. The number of nitrogens with zero attached hydrogens (tertiary/aromatic N) is 3. The van der Waals surface area contributed by atoms with Gasteiger partial charge in [0, 0.05) is 43.7 Å². The third kappa shape index (κ3) is 3.66. The number of amides is 2. The van der Waals surface area contributed by atoms with Crippen molar-refractivity contribution < 1.29 is 9.59 Å². The van der Waals surface area contributed by atoms with Gasteiger partial charge in [0.2, 0.25) is 11.8 Å². The zero-order valence-corrected chi connectivity index (χ0v) is 16.5. The molecule has 2 N–H and O–H groups in total. The van der Waals surface area contributed by atoms with Gasteiger partial charge in [-0.1, -0.05) is 0 Å². The second kappa shape index (κ2) is 7.86. The SMILES string of the molecule is CNC1CCN(c2ccc3c(C4CCC(=O)NC4=O)nn(C)c3c2)CC1.Cl. The van der Waals surface area contributed by atoms with Crippen LogP contribution in [0.5, 0.6) is 0 Å². The van der Waals surface area contributed by atoms with Gasteiger partial charge in [0.1, 0.15) is 0 Å². The molecule has 2 aliphatic rings. The van der Waals surface area contributed by atoms with Crippen molar-refractivity contribution in [1.82, 2.24) is 20.4 Å². The van der Waals surface area contributed by atoms with Gasteiger partial charge in [0.15, 0.2) is 0 Å². The molecule has 2 aromatic rings. The summed E-state index contributed by atoms with van der Waals surface area (Å²) in [6, 6.07) is 6.96. The lowest BCUT2D eigenvalue weighted by Crippen LogP contribution is -2.41. The van der Waals surface area contributed by atoms with Crippen LogP contribution in [0.15, 0.2) is 18.2 Å². The molecule has 2 aliphatic heterocycles. The van der Waals surface area contributed by atoms with Crippen LogP contribution >= 0.6 is 12.4 Å². The van der Waals surface area contributed by atoms with Crippen molar-refractivity contribution in [3.8, 4) is 0 Å². The molecule has 4 rings (SSSR count). The Kier molecular flexibility index (Phi) is 5.72. The topological polar surface area (TPSA) is 79.3 Å². The van der Waals surface area contributed by atoms with E-state index in [0.29, 0.717) is 18.9 Å². The van der Waals surface area contributed by atoms with Gasteiger partial charge in [-0.05, 0) is 44.5 Å². The van der Waals surface area contributed by atoms with E-state index in [-0.39, 0.29) is 30.1 Å². The highest BCUT2D eigenvalue weighted by atomic mass is 35.5. The summed E-state index contributed by atoms with van der Waals surface area (Å²) in [4.78, 5) is 26.1. The fraction of sp³-hybridized carbons (Fsp3) is 0.526. The first-order chi connectivity index (χ1) is 12.6. The second-order valence-corrected chi connectivity index (χ2v) is 7.26. The van der Waals surface area contributed by atoms with E-state index >= 15 is 0 Å². The minimum Gasteiger partial charge on any atom is -0.371 e. The molecule has 2 fully saturated rings. The summed E-state index contributed by atoms with van der Waals surface area (Å²) in [7, 11) is 3.94. The molecule has 0 saturated carbocycles. The van der Waals surface area contributed by atoms with E-state index in [4.69, 9.17) is 0 Å². The highest BCUT2D eigenvalue weighted by Gasteiger charge is 2.31. The van der Waals surface area contributed by atoms with Crippen molar-refractivity contribution in [3.63, 3.8) is 0 Å². The quantitative estimate of drug-likeness (QED) is 0.778. The molecule has 1 aromatic heterocycles. The van der Waals surface area contributed by atoms with Crippen LogP contribution in [0.4, 0.5) is 5.69 Å². The number of benzene rings is 1. The highest BCUT2D eigenvalue weighted by molar-refractivity contribution is 6.02. The number of imide groups is 1. The number of hydrogen-bond acceptors (Lipinski definition) is 5. The van der Waals surface area contributed by atoms with Crippen molar-refractivity contribution >= 4 is 40.8 Å². The van der Waals surface area contributed by atoms with Gasteiger partial charge in [-0.2, -0.15) is 5.10 Å². The largest absolute Gasteiger partial charge is 0.371 e. The van der Waals surface area contributed by atoms with Gasteiger partial charge in [-0.3, -0.25) is 19.6 Å². The summed E-state index contributed by atoms with van der Waals surface area (Å²) >= 11 is 0. The van der Waals surface area contributed by atoms with Gasteiger partial charge in [-0.25, -0.2) is 0 Å². The molecule has 3 heterocycles. The first kappa shape index (κ1) is 19.6. The molecule has 1 unspecified atom stereocenters. The van der Waals surface area contributed by atoms with E-state index in [0.717, 1.165) is 42.5 Å². The van der Waals surface area contributed by atoms with Crippen molar-refractivity contribution in [2.24, 2.45) is 7.05 Å². The highest BCUT2D eigenvalue weighted by Crippen LogP contribution is 2.32. The molecule has 8 heteroatoms. The van der Waals surface area contributed by atoms with Gasteiger partial charge >= 0.3 is 0 Å². The zero-order valence-electron chi connectivity index (χ0n) is 15.7. The third-order valence-corrected chi connectivity index (χ3v) is 5.70. The number of piperidine rings is 2. The molecule has 0 bridgehead atoms. The number of rotatable bonds is 3. The van der Waals surface area contributed by atoms with Crippen LogP contribution in [0.3, 0.4) is 0 Å². The smallest absolute Gasteiger partial charge is 0.235 e. The lowest BCUT2D eigenvalue weighted by atomic mass is 9.92. The number of carbonyl (C=O) groups excluding carboxylic acids is 2. The van der Waals surface area contributed by atoms with Gasteiger partial charge < -0.3 is 10.2 Å². The minimum absolute atomic E-state index is 0. The Bertz CT molecular complexity index is 857. The molecule has 27 heavy (non-hydrogen) atoms. The third-order valence-electron chi connectivity index (χ3n) is 5.70. The van der Waals surface area contributed by atoms with E-state index in [1.54, 1.807) is 0 Å². The molecule has 1 atom stereocenters. The van der Waals surface area contributed by atoms with Gasteiger partial charge in [0.05, 0.1) is 17.1 Å². The Morgan fingerprint density at radius 1 is 1.19 bits per heavy atom. The summed E-state index contributed by atoms with van der Waals surface area (Å²) in [5.41, 5.74) is 3.00. The van der Waals surface area contributed by atoms with Gasteiger partial charge in [0.25, 0.3) is 0 Å². The number of halogens is 1. The fourth-order valence-electron chi connectivity index (χ4n) is 4.11. The minimum atomic E-state index is -0.353. The van der Waals surface area contributed by atoms with Crippen molar-refractivity contribution in [2.45, 2.75) is 37.6 Å². The number of aromatic nitrogens is 2.